The number of para-hydroxylation sites is 2. The molecule has 28 heavy (non-hydrogen) atoms. The highest BCUT2D eigenvalue weighted by Crippen LogP contribution is 2.31. The van der Waals surface area contributed by atoms with E-state index in [1.54, 1.807) is 18.0 Å². The maximum Gasteiger partial charge on any atom is 0.265 e. The van der Waals surface area contributed by atoms with Gasteiger partial charge in [-0.3, -0.25) is 9.79 Å². The molecule has 3 rings (SSSR count). The van der Waals surface area contributed by atoms with E-state index >= 15 is 0 Å². The molecule has 1 aliphatic heterocycles. The van der Waals surface area contributed by atoms with Crippen molar-refractivity contribution >= 4 is 41.5 Å². The van der Waals surface area contributed by atoms with Gasteiger partial charge in [0.15, 0.2) is 12.6 Å². The number of anilines is 1. The zero-order valence-electron chi connectivity index (χ0n) is 15.7. The van der Waals surface area contributed by atoms with Gasteiger partial charge in [-0.05, 0) is 36.2 Å². The van der Waals surface area contributed by atoms with Gasteiger partial charge >= 0.3 is 0 Å². The lowest BCUT2D eigenvalue weighted by molar-refractivity contribution is -0.121. The minimum absolute atomic E-state index is 0. The Kier molecular flexibility index (Phi) is 8.49. The van der Waals surface area contributed by atoms with Crippen LogP contribution in [0.4, 0.5) is 10.1 Å². The number of halogens is 2. The molecule has 0 bridgehead atoms. The van der Waals surface area contributed by atoms with E-state index in [0.717, 1.165) is 23.4 Å². The standard InChI is InChI=1S/C20H23FN4O2.HI/c1-22-20(24-13-15-6-4-7-16(21)12-15)23-10-5-11-25-17-8-2-3-9-18(17)27-14-19(25)26;/h2-4,6-9,12H,5,10-11,13-14H2,1H3,(H2,22,23,24);1H. The second-order valence-electron chi connectivity index (χ2n) is 6.14. The van der Waals surface area contributed by atoms with Crippen LogP contribution in [0.3, 0.4) is 0 Å². The molecule has 0 aliphatic carbocycles. The van der Waals surface area contributed by atoms with E-state index in [1.807, 2.05) is 30.3 Å². The van der Waals surface area contributed by atoms with E-state index < -0.39 is 0 Å². The van der Waals surface area contributed by atoms with Gasteiger partial charge in [-0.25, -0.2) is 4.39 Å². The van der Waals surface area contributed by atoms with Crippen molar-refractivity contribution in [3.05, 3.63) is 59.9 Å². The summed E-state index contributed by atoms with van der Waals surface area (Å²) in [4.78, 5) is 18.1. The van der Waals surface area contributed by atoms with E-state index in [1.165, 1.54) is 12.1 Å². The van der Waals surface area contributed by atoms with Crippen LogP contribution in [0, 0.1) is 5.82 Å². The molecular formula is C20H24FIN4O2. The van der Waals surface area contributed by atoms with Gasteiger partial charge in [-0.2, -0.15) is 0 Å². The number of fused-ring (bicyclic) bond motifs is 1. The number of carbonyl (C=O) groups excluding carboxylic acids is 1. The minimum atomic E-state index is -0.257. The third-order valence-corrected chi connectivity index (χ3v) is 4.23. The first-order chi connectivity index (χ1) is 13.2. The summed E-state index contributed by atoms with van der Waals surface area (Å²) in [5, 5.41) is 6.36. The topological polar surface area (TPSA) is 66.0 Å². The van der Waals surface area contributed by atoms with E-state index in [-0.39, 0.29) is 42.3 Å². The van der Waals surface area contributed by atoms with Gasteiger partial charge in [0.2, 0.25) is 0 Å². The van der Waals surface area contributed by atoms with E-state index in [0.29, 0.717) is 25.6 Å². The predicted octanol–water partition coefficient (Wildman–Crippen LogP) is 2.92. The van der Waals surface area contributed by atoms with Crippen LogP contribution in [0.5, 0.6) is 5.75 Å². The van der Waals surface area contributed by atoms with Crippen LogP contribution in [0.25, 0.3) is 0 Å². The number of hydrogen-bond acceptors (Lipinski definition) is 3. The lowest BCUT2D eigenvalue weighted by atomic mass is 10.2. The quantitative estimate of drug-likeness (QED) is 0.278. The number of amides is 1. The molecule has 1 amide bonds. The van der Waals surface area contributed by atoms with Gasteiger partial charge in [0.25, 0.3) is 5.91 Å². The van der Waals surface area contributed by atoms with Gasteiger partial charge < -0.3 is 20.3 Å². The second kappa shape index (κ2) is 10.8. The number of guanidine groups is 1. The van der Waals surface area contributed by atoms with Gasteiger partial charge in [0.05, 0.1) is 5.69 Å². The maximum absolute atomic E-state index is 13.2. The molecule has 2 N–H and O–H groups in total. The number of hydrogen-bond donors (Lipinski definition) is 2. The Morgan fingerprint density at radius 1 is 1.21 bits per heavy atom. The smallest absolute Gasteiger partial charge is 0.265 e. The van der Waals surface area contributed by atoms with Crippen molar-refractivity contribution in [2.45, 2.75) is 13.0 Å². The average molecular weight is 498 g/mol. The summed E-state index contributed by atoms with van der Waals surface area (Å²) in [7, 11) is 1.68. The highest BCUT2D eigenvalue weighted by atomic mass is 127. The number of rotatable bonds is 6. The van der Waals surface area contributed by atoms with Crippen LogP contribution in [0.1, 0.15) is 12.0 Å². The summed E-state index contributed by atoms with van der Waals surface area (Å²) in [6.45, 7) is 1.79. The van der Waals surface area contributed by atoms with E-state index in [9.17, 15) is 9.18 Å². The molecular weight excluding hydrogens is 474 g/mol. The lowest BCUT2D eigenvalue weighted by Crippen LogP contribution is -2.42. The number of benzene rings is 2. The molecule has 0 unspecified atom stereocenters. The summed E-state index contributed by atoms with van der Waals surface area (Å²) >= 11 is 0. The fraction of sp³-hybridized carbons (Fsp3) is 0.300. The number of carbonyl (C=O) groups is 1. The van der Waals surface area contributed by atoms with Gasteiger partial charge in [-0.15, -0.1) is 24.0 Å². The summed E-state index contributed by atoms with van der Waals surface area (Å²) < 4.78 is 18.7. The van der Waals surface area contributed by atoms with E-state index in [4.69, 9.17) is 4.74 Å². The second-order valence-corrected chi connectivity index (χ2v) is 6.14. The summed E-state index contributed by atoms with van der Waals surface area (Å²) in [6.07, 6.45) is 0.751. The Balaban J connectivity index is 0.00000280. The van der Waals surface area contributed by atoms with E-state index in [2.05, 4.69) is 15.6 Å². The first-order valence-electron chi connectivity index (χ1n) is 8.88. The molecule has 1 heterocycles. The number of aliphatic imine (C=N–C) groups is 1. The van der Waals surface area contributed by atoms with Crippen molar-refractivity contribution in [1.29, 1.82) is 0 Å². The lowest BCUT2D eigenvalue weighted by Gasteiger charge is -2.29. The van der Waals surface area contributed by atoms with Gasteiger partial charge in [0.1, 0.15) is 11.6 Å². The first kappa shape index (κ1) is 21.9. The Morgan fingerprint density at radius 3 is 2.82 bits per heavy atom. The molecule has 0 aromatic heterocycles. The molecule has 0 saturated heterocycles. The van der Waals surface area contributed by atoms with Crippen molar-refractivity contribution in [3.8, 4) is 5.75 Å². The largest absolute Gasteiger partial charge is 0.482 e. The molecule has 0 saturated carbocycles. The molecule has 0 radical (unpaired) electrons. The summed E-state index contributed by atoms with van der Waals surface area (Å²) in [5.41, 5.74) is 1.65. The summed E-state index contributed by atoms with van der Waals surface area (Å²) in [5.74, 6) is 1.07. The number of nitrogens with one attached hydrogen (secondary N) is 2. The third-order valence-electron chi connectivity index (χ3n) is 4.23. The Labute approximate surface area is 181 Å². The molecule has 8 heteroatoms. The maximum atomic E-state index is 13.2. The monoisotopic (exact) mass is 498 g/mol. The van der Waals surface area contributed by atoms with Crippen LogP contribution in [0.15, 0.2) is 53.5 Å². The third kappa shape index (κ3) is 5.82. The zero-order chi connectivity index (χ0) is 19.1. The molecule has 2 aromatic rings. The molecule has 0 fully saturated rings. The molecule has 0 spiro atoms. The Morgan fingerprint density at radius 2 is 2.04 bits per heavy atom. The first-order valence-corrected chi connectivity index (χ1v) is 8.88. The number of ether oxygens (including phenoxy) is 1. The van der Waals surface area contributed by atoms with Crippen molar-refractivity contribution in [2.75, 3.05) is 31.6 Å². The van der Waals surface area contributed by atoms with Crippen molar-refractivity contribution < 1.29 is 13.9 Å². The fourth-order valence-electron chi connectivity index (χ4n) is 2.90. The highest BCUT2D eigenvalue weighted by molar-refractivity contribution is 14.0. The van der Waals surface area contributed by atoms with Crippen LogP contribution < -0.4 is 20.3 Å². The molecule has 1 aliphatic rings. The van der Waals surface area contributed by atoms with Crippen LogP contribution >= 0.6 is 24.0 Å². The molecule has 6 nitrogen and oxygen atoms in total. The number of nitrogens with zero attached hydrogens (tertiary/aromatic N) is 2. The Bertz CT molecular complexity index is 831. The van der Waals surface area contributed by atoms with Crippen molar-refractivity contribution in [3.63, 3.8) is 0 Å². The highest BCUT2D eigenvalue weighted by Gasteiger charge is 2.24. The molecule has 0 atom stereocenters. The van der Waals surface area contributed by atoms with Gasteiger partial charge in [-0.1, -0.05) is 24.3 Å². The minimum Gasteiger partial charge on any atom is -0.482 e. The van der Waals surface area contributed by atoms with Crippen molar-refractivity contribution in [1.82, 2.24) is 10.6 Å². The SMILES string of the molecule is CN=C(NCCCN1C(=O)COc2ccccc21)NCc1cccc(F)c1.I. The Hall–Kier alpha value is -2.36. The van der Waals surface area contributed by atoms with Crippen LogP contribution in [-0.2, 0) is 11.3 Å². The normalized spacial score (nSPS) is 13.3. The van der Waals surface area contributed by atoms with Crippen LogP contribution in [0.2, 0.25) is 0 Å². The molecule has 2 aromatic carbocycles. The summed E-state index contributed by atoms with van der Waals surface area (Å²) in [6, 6.07) is 14.0. The molecule has 150 valence electrons. The average Bonchev–Trinajstić information content (AvgIpc) is 2.69. The fourth-order valence-corrected chi connectivity index (χ4v) is 2.90. The zero-order valence-corrected chi connectivity index (χ0v) is 18.0. The van der Waals surface area contributed by atoms with Gasteiger partial charge in [0, 0.05) is 26.7 Å². The van der Waals surface area contributed by atoms with Crippen molar-refractivity contribution in [2.24, 2.45) is 4.99 Å². The predicted molar refractivity (Wildman–Crippen MR) is 119 cm³/mol. The van der Waals surface area contributed by atoms with Crippen LogP contribution in [-0.4, -0.2) is 38.6 Å².